The van der Waals surface area contributed by atoms with Crippen LogP contribution in [0.3, 0.4) is 0 Å². The van der Waals surface area contributed by atoms with Gasteiger partial charge in [0.25, 0.3) is 11.1 Å². The van der Waals surface area contributed by atoms with Gasteiger partial charge in [0.15, 0.2) is 0 Å². The first kappa shape index (κ1) is 18.3. The lowest BCUT2D eigenvalue weighted by molar-refractivity contribution is -0.122. The van der Waals surface area contributed by atoms with Gasteiger partial charge < -0.3 is 4.90 Å². The molecular weight excluding hydrogens is 356 g/mol. The molecule has 0 aromatic heterocycles. The molecule has 2 aliphatic rings. The molecule has 1 fully saturated rings. The minimum Gasteiger partial charge on any atom is -0.369 e. The third kappa shape index (κ3) is 3.08. The van der Waals surface area contributed by atoms with E-state index in [0.717, 1.165) is 29.4 Å². The molecule has 0 bridgehead atoms. The second kappa shape index (κ2) is 6.36. The van der Waals surface area contributed by atoms with Crippen LogP contribution in [-0.2, 0) is 4.79 Å². The van der Waals surface area contributed by atoms with E-state index >= 15 is 0 Å². The highest BCUT2D eigenvalue weighted by molar-refractivity contribution is 8.18. The lowest BCUT2D eigenvalue weighted by atomic mass is 9.80. The van der Waals surface area contributed by atoms with Crippen molar-refractivity contribution < 1.29 is 9.59 Å². The first-order chi connectivity index (χ1) is 11.7. The fraction of sp³-hybridized carbons (Fsp3) is 0.474. The van der Waals surface area contributed by atoms with Crippen LogP contribution in [0.2, 0.25) is 5.02 Å². The molecule has 2 aliphatic heterocycles. The van der Waals surface area contributed by atoms with E-state index in [9.17, 15) is 9.59 Å². The van der Waals surface area contributed by atoms with Gasteiger partial charge in [-0.3, -0.25) is 14.5 Å². The summed E-state index contributed by atoms with van der Waals surface area (Å²) >= 11 is 7.49. The molecule has 0 aliphatic carbocycles. The lowest BCUT2D eigenvalue weighted by Crippen LogP contribution is -2.45. The molecule has 0 N–H and O–H groups in total. The summed E-state index contributed by atoms with van der Waals surface area (Å²) in [5, 5.41) is 0.376. The van der Waals surface area contributed by atoms with Gasteiger partial charge in [-0.1, -0.05) is 18.5 Å². The number of thioether (sulfide) groups is 1. The standard InChI is InChI=1S/C19H23ClN2O2S/c1-6-22-17(23)16(25-18(22)24)8-12-7-13-11(2)10-19(3,4)21(5)15(13)9-14(12)20/h7-9,11H,6,10H2,1-5H3/b16-8-. The van der Waals surface area contributed by atoms with Crippen molar-refractivity contribution in [1.29, 1.82) is 0 Å². The molecule has 2 amide bonds. The number of hydrogen-bond acceptors (Lipinski definition) is 4. The van der Waals surface area contributed by atoms with Gasteiger partial charge in [0.1, 0.15) is 0 Å². The number of rotatable bonds is 2. The second-order valence-corrected chi connectivity index (χ2v) is 8.74. The number of carbonyl (C=O) groups is 2. The number of fused-ring (bicyclic) bond motifs is 1. The fourth-order valence-corrected chi connectivity index (χ4v) is 4.74. The number of amides is 2. The number of likely N-dealkylation sites (N-methyl/N-ethyl adjacent to an activating group) is 1. The Hall–Kier alpha value is -1.46. The zero-order chi connectivity index (χ0) is 18.5. The van der Waals surface area contributed by atoms with Crippen LogP contribution in [0.25, 0.3) is 6.08 Å². The van der Waals surface area contributed by atoms with Crippen LogP contribution in [0, 0.1) is 0 Å². The van der Waals surface area contributed by atoms with Crippen molar-refractivity contribution >= 4 is 46.3 Å². The van der Waals surface area contributed by atoms with Crippen molar-refractivity contribution in [3.8, 4) is 0 Å². The Morgan fingerprint density at radius 2 is 2.04 bits per heavy atom. The highest BCUT2D eigenvalue weighted by Crippen LogP contribution is 2.45. The average molecular weight is 379 g/mol. The number of benzene rings is 1. The molecule has 1 unspecified atom stereocenters. The van der Waals surface area contributed by atoms with Crippen molar-refractivity contribution in [3.05, 3.63) is 33.2 Å². The highest BCUT2D eigenvalue weighted by atomic mass is 35.5. The number of imide groups is 1. The summed E-state index contributed by atoms with van der Waals surface area (Å²) in [6.45, 7) is 8.86. The highest BCUT2D eigenvalue weighted by Gasteiger charge is 2.36. The third-order valence-electron chi connectivity index (χ3n) is 5.23. The second-order valence-electron chi connectivity index (χ2n) is 7.34. The Labute approximate surface area is 158 Å². The maximum absolute atomic E-state index is 12.3. The van der Waals surface area contributed by atoms with E-state index in [1.54, 1.807) is 13.0 Å². The first-order valence-corrected chi connectivity index (χ1v) is 9.67. The Morgan fingerprint density at radius 3 is 2.64 bits per heavy atom. The summed E-state index contributed by atoms with van der Waals surface area (Å²) in [6.07, 6.45) is 2.79. The Balaban J connectivity index is 2.04. The molecule has 1 atom stereocenters. The maximum Gasteiger partial charge on any atom is 0.293 e. The van der Waals surface area contributed by atoms with Crippen LogP contribution in [0.5, 0.6) is 0 Å². The van der Waals surface area contributed by atoms with E-state index in [1.165, 1.54) is 10.5 Å². The van der Waals surface area contributed by atoms with Gasteiger partial charge >= 0.3 is 0 Å². The molecule has 0 saturated carbocycles. The molecule has 0 radical (unpaired) electrons. The zero-order valence-electron chi connectivity index (χ0n) is 15.2. The molecular formula is C19H23ClN2O2S. The van der Waals surface area contributed by atoms with Crippen LogP contribution in [0.4, 0.5) is 10.5 Å². The van der Waals surface area contributed by atoms with Gasteiger partial charge in [0, 0.05) is 29.8 Å². The van der Waals surface area contributed by atoms with Crippen LogP contribution >= 0.6 is 23.4 Å². The van der Waals surface area contributed by atoms with Crippen LogP contribution in [0.15, 0.2) is 17.0 Å². The van der Waals surface area contributed by atoms with E-state index in [1.807, 2.05) is 6.07 Å². The topological polar surface area (TPSA) is 40.6 Å². The summed E-state index contributed by atoms with van der Waals surface area (Å²) in [5.74, 6) is 0.161. The Kier molecular flexibility index (Phi) is 4.67. The number of hydrogen-bond donors (Lipinski definition) is 0. The van der Waals surface area contributed by atoms with Crippen LogP contribution in [-0.4, -0.2) is 35.2 Å². The molecule has 1 aromatic carbocycles. The summed E-state index contributed by atoms with van der Waals surface area (Å²) in [6, 6.07) is 4.04. The minimum atomic E-state index is -0.238. The summed E-state index contributed by atoms with van der Waals surface area (Å²) < 4.78 is 0. The van der Waals surface area contributed by atoms with Gasteiger partial charge in [-0.15, -0.1) is 0 Å². The van der Waals surface area contributed by atoms with Crippen molar-refractivity contribution in [3.63, 3.8) is 0 Å². The summed E-state index contributed by atoms with van der Waals surface area (Å²) in [5.41, 5.74) is 3.22. The molecule has 4 nitrogen and oxygen atoms in total. The normalized spacial score (nSPS) is 24.2. The van der Waals surface area contributed by atoms with Crippen LogP contribution < -0.4 is 4.90 Å². The molecule has 3 rings (SSSR count). The molecule has 6 heteroatoms. The van der Waals surface area contributed by atoms with E-state index in [0.29, 0.717) is 22.4 Å². The van der Waals surface area contributed by atoms with E-state index in [2.05, 4.69) is 38.8 Å². The number of halogens is 1. The van der Waals surface area contributed by atoms with Crippen molar-refractivity contribution in [2.45, 2.75) is 45.6 Å². The molecule has 2 heterocycles. The van der Waals surface area contributed by atoms with Crippen molar-refractivity contribution in [1.82, 2.24) is 4.90 Å². The molecule has 1 saturated heterocycles. The van der Waals surface area contributed by atoms with E-state index in [-0.39, 0.29) is 16.7 Å². The Bertz CT molecular complexity index is 788. The molecule has 0 spiro atoms. The van der Waals surface area contributed by atoms with E-state index in [4.69, 9.17) is 11.6 Å². The zero-order valence-corrected chi connectivity index (χ0v) is 16.8. The van der Waals surface area contributed by atoms with Gasteiger partial charge in [-0.2, -0.15) is 0 Å². The van der Waals surface area contributed by atoms with Crippen molar-refractivity contribution in [2.75, 3.05) is 18.5 Å². The number of carbonyl (C=O) groups excluding carboxylic acids is 2. The predicted molar refractivity (Wildman–Crippen MR) is 105 cm³/mol. The van der Waals surface area contributed by atoms with Gasteiger partial charge in [0.2, 0.25) is 0 Å². The third-order valence-corrected chi connectivity index (χ3v) is 6.46. The molecule has 134 valence electrons. The quantitative estimate of drug-likeness (QED) is 0.670. The number of anilines is 1. The maximum atomic E-state index is 12.3. The molecule has 1 aromatic rings. The van der Waals surface area contributed by atoms with Gasteiger partial charge in [-0.25, -0.2) is 0 Å². The smallest absolute Gasteiger partial charge is 0.293 e. The average Bonchev–Trinajstić information content (AvgIpc) is 2.79. The summed E-state index contributed by atoms with van der Waals surface area (Å²) in [7, 11) is 2.09. The monoisotopic (exact) mass is 378 g/mol. The van der Waals surface area contributed by atoms with Crippen LogP contribution in [0.1, 0.15) is 51.2 Å². The Morgan fingerprint density at radius 1 is 1.36 bits per heavy atom. The van der Waals surface area contributed by atoms with E-state index < -0.39 is 0 Å². The largest absolute Gasteiger partial charge is 0.369 e. The molecule has 25 heavy (non-hydrogen) atoms. The predicted octanol–water partition coefficient (Wildman–Crippen LogP) is 5.12. The van der Waals surface area contributed by atoms with Crippen molar-refractivity contribution in [2.24, 2.45) is 0 Å². The van der Waals surface area contributed by atoms with Gasteiger partial charge in [0.05, 0.1) is 4.91 Å². The first-order valence-electron chi connectivity index (χ1n) is 8.48. The lowest BCUT2D eigenvalue weighted by Gasteiger charge is -2.45. The SMILES string of the molecule is CCN1C(=O)S/C(=C\c2cc3c(cc2Cl)N(C)C(C)(C)CC3C)C1=O. The van der Waals surface area contributed by atoms with Gasteiger partial charge in [-0.05, 0) is 74.2 Å². The fourth-order valence-electron chi connectivity index (χ4n) is 3.63. The minimum absolute atomic E-state index is 0.0705. The number of nitrogens with zero attached hydrogens (tertiary/aromatic N) is 2. The summed E-state index contributed by atoms with van der Waals surface area (Å²) in [4.78, 5) is 28.2.